The Morgan fingerprint density at radius 1 is 0.804 bits per heavy atom. The van der Waals surface area contributed by atoms with Gasteiger partial charge in [0.1, 0.15) is 12.1 Å². The van der Waals surface area contributed by atoms with Crippen molar-refractivity contribution in [1.29, 1.82) is 0 Å². The van der Waals surface area contributed by atoms with Gasteiger partial charge in [0.2, 0.25) is 0 Å². The van der Waals surface area contributed by atoms with Crippen LogP contribution in [0.5, 0.6) is 5.75 Å². The lowest BCUT2D eigenvalue weighted by Gasteiger charge is -2.20. The van der Waals surface area contributed by atoms with Crippen molar-refractivity contribution < 1.29 is 64.3 Å². The van der Waals surface area contributed by atoms with Crippen LogP contribution in [0, 0.1) is 6.92 Å². The molecule has 5 aromatic rings. The molecule has 18 heteroatoms. The number of nitrogens with zero attached hydrogens (tertiary/aromatic N) is 3. The van der Waals surface area contributed by atoms with Gasteiger partial charge in [-0.05, 0) is 79.7 Å². The number of nitrogen functional groups attached to an aromatic ring is 1. The normalized spacial score (nSPS) is 10.4. The molecule has 0 atom stereocenters. The number of ether oxygens (including phenoxy) is 1. The fraction of sp³-hybridized carbons (Fsp3) is 0.121. The molecule has 0 bridgehead atoms. The third kappa shape index (κ3) is 12.7. The van der Waals surface area contributed by atoms with Crippen molar-refractivity contribution in [3.63, 3.8) is 0 Å². The van der Waals surface area contributed by atoms with E-state index in [2.05, 4.69) is 20.2 Å². The number of carboxylic acids is 2. The Kier molecular flexibility index (Phi) is 16.2. The Labute approximate surface area is 300 Å². The van der Waals surface area contributed by atoms with Gasteiger partial charge in [-0.2, -0.15) is 22.0 Å². The Bertz CT molecular complexity index is 1840. The van der Waals surface area contributed by atoms with Gasteiger partial charge in [0.05, 0.1) is 16.8 Å². The molecular weight excluding hydrogens is 726 g/mol. The molecule has 0 unspecified atom stereocenters. The van der Waals surface area contributed by atoms with Crippen LogP contribution >= 0.6 is 12.4 Å². The van der Waals surface area contributed by atoms with Crippen LogP contribution in [0.25, 0.3) is 17.1 Å². The predicted molar refractivity (Wildman–Crippen MR) is 177 cm³/mol. The lowest BCUT2D eigenvalue weighted by atomic mass is 10.1. The predicted octanol–water partition coefficient (Wildman–Crippen LogP) is 2.83. The number of carboxylic acid groups (broad SMARTS) is 2. The number of nitrogens with two attached hydrogens (primary N) is 2. The van der Waals surface area contributed by atoms with E-state index in [4.69, 9.17) is 21.5 Å². The molecule has 272 valence electrons. The van der Waals surface area contributed by atoms with Gasteiger partial charge in [0, 0.05) is 23.7 Å². The van der Waals surface area contributed by atoms with Crippen molar-refractivity contribution in [3.05, 3.63) is 126 Å². The van der Waals surface area contributed by atoms with Crippen LogP contribution in [0.3, 0.4) is 0 Å². The van der Waals surface area contributed by atoms with Crippen molar-refractivity contribution in [3.8, 4) is 22.8 Å². The second kappa shape index (κ2) is 19.0. The molecule has 51 heavy (non-hydrogen) atoms. The van der Waals surface area contributed by atoms with Gasteiger partial charge in [0.15, 0.2) is 11.5 Å². The Morgan fingerprint density at radius 2 is 1.27 bits per heavy atom. The van der Waals surface area contributed by atoms with Gasteiger partial charge >= 0.3 is 24.2 Å². The first kappa shape index (κ1) is 43.4. The minimum Gasteiger partial charge on any atom is -1.00 e. The van der Waals surface area contributed by atoms with E-state index in [-0.39, 0.29) is 35.9 Å². The number of aromatic carboxylic acids is 2. The number of aryl methyl sites for hydroxylation is 1. The maximum absolute atomic E-state index is 12.4. The number of carbonyl (C=O) groups is 2. The largest absolute Gasteiger partial charge is 1.00 e. The molecule has 0 saturated carbocycles. The number of aromatic nitrogens is 3. The van der Waals surface area contributed by atoms with Gasteiger partial charge in [-0.15, -0.1) is 17.5 Å². The maximum atomic E-state index is 12.4. The van der Waals surface area contributed by atoms with Crippen molar-refractivity contribution in [2.24, 2.45) is 5.84 Å². The van der Waals surface area contributed by atoms with Gasteiger partial charge in [-0.25, -0.2) is 19.3 Å². The fourth-order valence-electron chi connectivity index (χ4n) is 3.68. The Morgan fingerprint density at radius 3 is 1.71 bits per heavy atom. The van der Waals surface area contributed by atoms with Crippen LogP contribution in [0.2, 0.25) is 0 Å². The topological polar surface area (TPSA) is 178 Å². The lowest BCUT2D eigenvalue weighted by molar-refractivity contribution is -0.360. The number of halogens is 7. The third-order valence-electron chi connectivity index (χ3n) is 6.36. The molecule has 0 aliphatic carbocycles. The highest BCUT2D eigenvalue weighted by atomic mass is 35.5. The van der Waals surface area contributed by atoms with E-state index in [1.165, 1.54) is 29.8 Å². The van der Waals surface area contributed by atoms with E-state index in [1.54, 1.807) is 54.3 Å². The summed E-state index contributed by atoms with van der Waals surface area (Å²) in [5.74, 6) is 3.07. The minimum atomic E-state index is -5.75. The number of hydrazine groups is 1. The molecule has 0 aliphatic rings. The minimum absolute atomic E-state index is 0. The highest BCUT2D eigenvalue weighted by Crippen LogP contribution is 2.37. The zero-order valence-electron chi connectivity index (χ0n) is 26.6. The van der Waals surface area contributed by atoms with Crippen LogP contribution in [-0.2, 0) is 0 Å². The first-order valence-corrected chi connectivity index (χ1v) is 14.0. The van der Waals surface area contributed by atoms with Crippen molar-refractivity contribution in [2.45, 2.75) is 26.1 Å². The monoisotopic (exact) mass is 756 g/mol. The summed E-state index contributed by atoms with van der Waals surface area (Å²) in [5.41, 5.74) is 7.50. The number of hydrogen-bond donors (Lipinski definition) is 5. The number of nitrogens with one attached hydrogen (secondary N) is 1. The van der Waals surface area contributed by atoms with Gasteiger partial charge in [0.25, 0.3) is 0 Å². The van der Waals surface area contributed by atoms with Gasteiger partial charge < -0.3 is 32.8 Å². The zero-order valence-corrected chi connectivity index (χ0v) is 28.2. The summed E-state index contributed by atoms with van der Waals surface area (Å²) in [5, 5.41) is 27.4. The Hall–Kier alpha value is -5.58. The van der Waals surface area contributed by atoms with E-state index in [1.807, 2.05) is 31.2 Å². The van der Waals surface area contributed by atoms with Crippen molar-refractivity contribution in [2.75, 3.05) is 5.43 Å². The van der Waals surface area contributed by atoms with Crippen LogP contribution in [-0.4, -0.2) is 54.9 Å². The highest BCUT2D eigenvalue weighted by molar-refractivity contribution is 5.95. The standard InChI is InChI=1S/C16H13N3O2.C9H9NO2.C8H7F5N2O.2ClH/c1-11-2-8-14(9-3-11)19-10-17-15(18-19)12-4-6-13(7-5-12)16(20)21;1-6(10)7-2-4-8(5-3-7)9(11)12;9-7(10,11)8(12,13)16-6-3-1-5(15-14)2-4-6;;/h2-10H,1H3,(H,20,21);2-5,10H,1H3,(H,11,12);1-4,15H,14H2;2*1H. The molecule has 0 aliphatic heterocycles. The molecule has 1 aromatic heterocycles. The van der Waals surface area contributed by atoms with E-state index in [0.29, 0.717) is 17.2 Å². The molecule has 0 amide bonds. The van der Waals surface area contributed by atoms with Crippen molar-refractivity contribution in [1.82, 2.24) is 14.8 Å². The molecular formula is C33H31Cl2F5N6O5. The highest BCUT2D eigenvalue weighted by Gasteiger charge is 2.61. The summed E-state index contributed by atoms with van der Waals surface area (Å²) in [7, 11) is 0. The molecule has 4 aromatic carbocycles. The number of anilines is 1. The average Bonchev–Trinajstić information content (AvgIpc) is 3.56. The number of benzene rings is 4. The summed E-state index contributed by atoms with van der Waals surface area (Å²) >= 11 is 0. The van der Waals surface area contributed by atoms with Crippen LogP contribution in [0.4, 0.5) is 27.6 Å². The smallest absolute Gasteiger partial charge is 0.499 e. The summed E-state index contributed by atoms with van der Waals surface area (Å²) < 4.78 is 65.3. The van der Waals surface area contributed by atoms with E-state index < -0.39 is 30.0 Å². The lowest BCUT2D eigenvalue weighted by Crippen LogP contribution is -3.00. The third-order valence-corrected chi connectivity index (χ3v) is 6.36. The molecule has 0 spiro atoms. The van der Waals surface area contributed by atoms with Crippen LogP contribution in [0.1, 0.15) is 38.8 Å². The molecule has 5 rings (SSSR count). The quantitative estimate of drug-likeness (QED) is 0.0690. The summed E-state index contributed by atoms with van der Waals surface area (Å²) in [4.78, 5) is 25.5. The van der Waals surface area contributed by atoms with E-state index in [0.717, 1.165) is 28.9 Å². The van der Waals surface area contributed by atoms with Crippen molar-refractivity contribution >= 4 is 35.7 Å². The van der Waals surface area contributed by atoms with E-state index in [9.17, 15) is 31.5 Å². The first-order valence-electron chi connectivity index (χ1n) is 14.0. The molecule has 0 saturated heterocycles. The van der Waals surface area contributed by atoms with Gasteiger partial charge in [-0.1, -0.05) is 29.8 Å². The molecule has 7 N–H and O–H groups in total. The van der Waals surface area contributed by atoms with Gasteiger partial charge in [-0.3, -0.25) is 11.3 Å². The number of hydrogen-bond acceptors (Lipinski definition) is 7. The maximum Gasteiger partial charge on any atom is 0.499 e. The second-order valence-corrected chi connectivity index (χ2v) is 10.1. The first-order chi connectivity index (χ1) is 23.0. The summed E-state index contributed by atoms with van der Waals surface area (Å²) in [6.07, 6.45) is -9.33. The number of rotatable bonds is 8. The average molecular weight is 758 g/mol. The summed E-state index contributed by atoms with van der Waals surface area (Å²) in [6, 6.07) is 25.2. The van der Waals surface area contributed by atoms with Crippen LogP contribution < -0.4 is 33.8 Å². The fourth-order valence-corrected chi connectivity index (χ4v) is 3.68. The SMILES string of the molecule is CC(=[NH2+])c1ccc(C(=O)O)cc1.Cc1ccc(-n2cnc(-c3ccc(C(=O)O)cc3)n2)cc1.Cl.NNc1ccc(OC(F)(F)C(F)(F)F)cc1.[Cl-]. The number of alkyl halides is 5. The zero-order chi connectivity index (χ0) is 36.4. The molecule has 11 nitrogen and oxygen atoms in total. The molecule has 0 radical (unpaired) electrons. The van der Waals surface area contributed by atoms with Crippen LogP contribution in [0.15, 0.2) is 103 Å². The summed E-state index contributed by atoms with van der Waals surface area (Å²) in [6.45, 7) is 3.80. The Balaban J connectivity index is 0.000000391. The molecule has 1 heterocycles. The molecule has 0 fully saturated rings. The second-order valence-electron chi connectivity index (χ2n) is 10.1. The van der Waals surface area contributed by atoms with E-state index >= 15 is 0 Å².